The van der Waals surface area contributed by atoms with Crippen molar-refractivity contribution in [2.75, 3.05) is 6.61 Å². The molecule has 0 spiro atoms. The van der Waals surface area contributed by atoms with Crippen LogP contribution in [-0.2, 0) is 6.61 Å². The molecule has 0 bridgehead atoms. The third-order valence-corrected chi connectivity index (χ3v) is 4.68. The summed E-state index contributed by atoms with van der Waals surface area (Å²) in [6, 6.07) is 19.7. The third-order valence-electron chi connectivity index (χ3n) is 4.09. The zero-order chi connectivity index (χ0) is 21.3. The molecule has 154 valence electrons. The average Bonchev–Trinajstić information content (AvgIpc) is 2.74. The number of rotatable bonds is 8. The minimum Gasteiger partial charge on any atom is -0.507 e. The van der Waals surface area contributed by atoms with Gasteiger partial charge in [0.15, 0.2) is 11.5 Å². The first-order valence-electron chi connectivity index (χ1n) is 9.33. The van der Waals surface area contributed by atoms with Gasteiger partial charge < -0.3 is 14.6 Å². The minimum atomic E-state index is -0.503. The van der Waals surface area contributed by atoms with Crippen LogP contribution in [0, 0.1) is 0 Å². The van der Waals surface area contributed by atoms with E-state index in [1.807, 2.05) is 43.3 Å². The van der Waals surface area contributed by atoms with Crippen LogP contribution in [0.5, 0.6) is 17.2 Å². The number of para-hydroxylation sites is 1. The molecule has 0 aliphatic rings. The Morgan fingerprint density at radius 2 is 1.83 bits per heavy atom. The Labute approximate surface area is 183 Å². The minimum absolute atomic E-state index is 0.105. The number of hydrogen-bond donors (Lipinski definition) is 2. The van der Waals surface area contributed by atoms with Gasteiger partial charge in [0, 0.05) is 0 Å². The van der Waals surface area contributed by atoms with Gasteiger partial charge in [0.25, 0.3) is 5.91 Å². The molecule has 30 heavy (non-hydrogen) atoms. The predicted octanol–water partition coefficient (Wildman–Crippen LogP) is 4.90. The van der Waals surface area contributed by atoms with Crippen molar-refractivity contribution >= 4 is 28.1 Å². The lowest BCUT2D eigenvalue weighted by Gasteiger charge is -2.14. The first kappa shape index (κ1) is 21.4. The van der Waals surface area contributed by atoms with Gasteiger partial charge in [-0.05, 0) is 58.2 Å². The summed E-state index contributed by atoms with van der Waals surface area (Å²) in [5.41, 5.74) is 4.30. The summed E-state index contributed by atoms with van der Waals surface area (Å²) in [5.74, 6) is 0.551. The molecule has 0 heterocycles. The Hall–Kier alpha value is -3.32. The monoisotopic (exact) mass is 468 g/mol. The van der Waals surface area contributed by atoms with E-state index in [1.54, 1.807) is 18.2 Å². The fourth-order valence-electron chi connectivity index (χ4n) is 2.69. The van der Waals surface area contributed by atoms with Crippen LogP contribution >= 0.6 is 15.9 Å². The van der Waals surface area contributed by atoms with Gasteiger partial charge in [0.2, 0.25) is 0 Å². The predicted molar refractivity (Wildman–Crippen MR) is 119 cm³/mol. The van der Waals surface area contributed by atoms with Crippen LogP contribution in [0.3, 0.4) is 0 Å². The molecular weight excluding hydrogens is 448 g/mol. The topological polar surface area (TPSA) is 80.2 Å². The van der Waals surface area contributed by atoms with Gasteiger partial charge >= 0.3 is 0 Å². The Morgan fingerprint density at radius 1 is 1.10 bits per heavy atom. The number of carbonyl (C=O) groups excluding carboxylic acids is 1. The second-order valence-corrected chi connectivity index (χ2v) is 7.11. The molecular formula is C23H21BrN2O4. The zero-order valence-electron chi connectivity index (χ0n) is 16.3. The number of amides is 1. The molecule has 0 saturated heterocycles. The third kappa shape index (κ3) is 5.61. The highest BCUT2D eigenvalue weighted by Crippen LogP contribution is 2.37. The number of hydrazone groups is 1. The Balaban J connectivity index is 1.73. The van der Waals surface area contributed by atoms with E-state index in [-0.39, 0.29) is 11.3 Å². The molecule has 0 atom stereocenters. The fraction of sp³-hybridized carbons (Fsp3) is 0.130. The summed E-state index contributed by atoms with van der Waals surface area (Å²) in [5, 5.41) is 13.7. The van der Waals surface area contributed by atoms with E-state index in [1.165, 1.54) is 18.3 Å². The number of phenolic OH excluding ortho intramolecular Hbond substituents is 1. The van der Waals surface area contributed by atoms with E-state index in [0.717, 1.165) is 5.56 Å². The molecule has 1 amide bonds. The number of hydrogen-bond acceptors (Lipinski definition) is 5. The van der Waals surface area contributed by atoms with Crippen molar-refractivity contribution in [1.29, 1.82) is 0 Å². The summed E-state index contributed by atoms with van der Waals surface area (Å²) in [6.07, 6.45) is 1.49. The molecule has 3 rings (SSSR count). The van der Waals surface area contributed by atoms with E-state index >= 15 is 0 Å². The highest BCUT2D eigenvalue weighted by molar-refractivity contribution is 9.10. The normalized spacial score (nSPS) is 10.7. The van der Waals surface area contributed by atoms with Crippen LogP contribution in [0.1, 0.15) is 28.4 Å². The van der Waals surface area contributed by atoms with Gasteiger partial charge in [-0.1, -0.05) is 42.5 Å². The first-order chi connectivity index (χ1) is 14.6. The van der Waals surface area contributed by atoms with Gasteiger partial charge in [0.1, 0.15) is 12.4 Å². The molecule has 0 radical (unpaired) electrons. The van der Waals surface area contributed by atoms with Crippen LogP contribution < -0.4 is 14.9 Å². The molecule has 3 aromatic rings. The Morgan fingerprint density at radius 3 is 2.57 bits per heavy atom. The highest BCUT2D eigenvalue weighted by atomic mass is 79.9. The van der Waals surface area contributed by atoms with Crippen molar-refractivity contribution in [2.45, 2.75) is 13.5 Å². The van der Waals surface area contributed by atoms with E-state index < -0.39 is 5.91 Å². The molecule has 0 saturated carbocycles. The lowest BCUT2D eigenvalue weighted by Crippen LogP contribution is -2.17. The summed E-state index contributed by atoms with van der Waals surface area (Å²) >= 11 is 3.52. The molecule has 0 aromatic heterocycles. The van der Waals surface area contributed by atoms with Gasteiger partial charge in [-0.15, -0.1) is 0 Å². The van der Waals surface area contributed by atoms with Crippen LogP contribution in [0.15, 0.2) is 76.3 Å². The number of carbonyl (C=O) groups is 1. The maximum absolute atomic E-state index is 12.1. The van der Waals surface area contributed by atoms with Crippen molar-refractivity contribution in [3.05, 3.63) is 87.9 Å². The summed E-state index contributed by atoms with van der Waals surface area (Å²) in [6.45, 7) is 2.77. The molecule has 0 fully saturated rings. The average molecular weight is 469 g/mol. The summed E-state index contributed by atoms with van der Waals surface area (Å²) < 4.78 is 12.4. The van der Waals surface area contributed by atoms with Crippen LogP contribution in [0.2, 0.25) is 0 Å². The van der Waals surface area contributed by atoms with Crippen LogP contribution in [0.4, 0.5) is 0 Å². The number of nitrogens with zero attached hydrogens (tertiary/aromatic N) is 1. The molecule has 3 aromatic carbocycles. The number of halogens is 1. The maximum atomic E-state index is 12.1. The van der Waals surface area contributed by atoms with Crippen LogP contribution in [-0.4, -0.2) is 23.8 Å². The van der Waals surface area contributed by atoms with Gasteiger partial charge in [0.05, 0.1) is 22.9 Å². The largest absolute Gasteiger partial charge is 0.507 e. The molecule has 0 aliphatic heterocycles. The number of benzene rings is 3. The van der Waals surface area contributed by atoms with Crippen molar-refractivity contribution in [3.63, 3.8) is 0 Å². The quantitative estimate of drug-likeness (QED) is 0.364. The number of nitrogens with one attached hydrogen (secondary N) is 1. The fourth-order valence-corrected chi connectivity index (χ4v) is 3.26. The molecule has 7 heteroatoms. The maximum Gasteiger partial charge on any atom is 0.275 e. The van der Waals surface area contributed by atoms with E-state index in [4.69, 9.17) is 9.47 Å². The first-order valence-corrected chi connectivity index (χ1v) is 10.1. The molecule has 0 unspecified atom stereocenters. The smallest absolute Gasteiger partial charge is 0.275 e. The summed E-state index contributed by atoms with van der Waals surface area (Å²) in [4.78, 5) is 12.1. The zero-order valence-corrected chi connectivity index (χ0v) is 17.9. The van der Waals surface area contributed by atoms with E-state index in [9.17, 15) is 9.90 Å². The van der Waals surface area contributed by atoms with E-state index in [2.05, 4.69) is 26.5 Å². The standard InChI is InChI=1S/C23H21BrN2O4/c1-2-29-21-13-17(14-25-26-23(28)18-10-6-7-11-20(18)27)12-19(24)22(21)30-15-16-8-4-3-5-9-16/h3-14,27H,2,15H2,1H3,(H,26,28). The number of ether oxygens (including phenoxy) is 2. The van der Waals surface area contributed by atoms with E-state index in [0.29, 0.717) is 34.7 Å². The Kier molecular flexibility index (Phi) is 7.45. The van der Waals surface area contributed by atoms with Gasteiger partial charge in [-0.25, -0.2) is 5.43 Å². The SMILES string of the molecule is CCOc1cc(C=NNC(=O)c2ccccc2O)cc(Br)c1OCc1ccccc1. The molecule has 2 N–H and O–H groups in total. The molecule has 0 aliphatic carbocycles. The lowest BCUT2D eigenvalue weighted by atomic mass is 10.2. The summed E-state index contributed by atoms with van der Waals surface area (Å²) in [7, 11) is 0. The van der Waals surface area contributed by atoms with Crippen molar-refractivity contribution in [1.82, 2.24) is 5.43 Å². The highest BCUT2D eigenvalue weighted by Gasteiger charge is 2.13. The van der Waals surface area contributed by atoms with Crippen LogP contribution in [0.25, 0.3) is 0 Å². The van der Waals surface area contributed by atoms with Crippen molar-refractivity contribution in [2.24, 2.45) is 5.10 Å². The molecule has 6 nitrogen and oxygen atoms in total. The Bertz CT molecular complexity index is 1040. The lowest BCUT2D eigenvalue weighted by molar-refractivity contribution is 0.0952. The number of phenols is 1. The van der Waals surface area contributed by atoms with Crippen molar-refractivity contribution < 1.29 is 19.4 Å². The second-order valence-electron chi connectivity index (χ2n) is 6.25. The van der Waals surface area contributed by atoms with Gasteiger partial charge in [-0.3, -0.25) is 4.79 Å². The number of aromatic hydroxyl groups is 1. The van der Waals surface area contributed by atoms with Crippen molar-refractivity contribution in [3.8, 4) is 17.2 Å². The second kappa shape index (κ2) is 10.5. The van der Waals surface area contributed by atoms with Gasteiger partial charge in [-0.2, -0.15) is 5.10 Å².